The van der Waals surface area contributed by atoms with Crippen molar-refractivity contribution in [1.82, 2.24) is 5.32 Å². The second kappa shape index (κ2) is 21.2. The van der Waals surface area contributed by atoms with Crippen LogP contribution in [0, 0.1) is 11.8 Å². The van der Waals surface area contributed by atoms with E-state index in [9.17, 15) is 24.9 Å². The number of rotatable bonds is 13. The van der Waals surface area contributed by atoms with Gasteiger partial charge in [-0.1, -0.05) is 90.1 Å². The van der Waals surface area contributed by atoms with E-state index in [0.717, 1.165) is 12.0 Å². The molecule has 310 valence electrons. The van der Waals surface area contributed by atoms with Crippen LogP contribution in [0.15, 0.2) is 60.2 Å². The van der Waals surface area contributed by atoms with Gasteiger partial charge in [0.05, 0.1) is 36.4 Å². The summed E-state index contributed by atoms with van der Waals surface area (Å²) in [5.41, 5.74) is 0.297. The van der Waals surface area contributed by atoms with Crippen molar-refractivity contribution in [3.05, 3.63) is 71.3 Å². The molecule has 3 rings (SSSR count). The van der Waals surface area contributed by atoms with Crippen LogP contribution in [-0.2, 0) is 45.3 Å². The van der Waals surface area contributed by atoms with Crippen LogP contribution in [-0.4, -0.2) is 99.8 Å². The maximum atomic E-state index is 12.9. The Morgan fingerprint density at radius 2 is 1.75 bits per heavy atom. The van der Waals surface area contributed by atoms with E-state index >= 15 is 0 Å². The van der Waals surface area contributed by atoms with Crippen molar-refractivity contribution in [1.29, 1.82) is 0 Å². The van der Waals surface area contributed by atoms with Crippen LogP contribution in [0.25, 0.3) is 0 Å². The van der Waals surface area contributed by atoms with Crippen LogP contribution in [0.3, 0.4) is 0 Å². The lowest BCUT2D eigenvalue weighted by Crippen LogP contribution is -2.52. The van der Waals surface area contributed by atoms with Crippen LogP contribution < -0.4 is 5.32 Å². The predicted octanol–water partition coefficient (Wildman–Crippen LogP) is 5.56. The molecule has 0 amide bonds. The van der Waals surface area contributed by atoms with Crippen molar-refractivity contribution in [3.63, 3.8) is 0 Å². The number of aliphatic hydroxyl groups is 3. The highest BCUT2D eigenvalue weighted by atomic mass is 16.6. The molecular weight excluding hydrogens is 706 g/mol. The van der Waals surface area contributed by atoms with Gasteiger partial charge in [0, 0.05) is 32.4 Å². The molecule has 0 aliphatic carbocycles. The Morgan fingerprint density at radius 3 is 2.29 bits per heavy atom. The third-order valence-corrected chi connectivity index (χ3v) is 10.5. The van der Waals surface area contributed by atoms with E-state index < -0.39 is 47.5 Å². The van der Waals surface area contributed by atoms with Crippen LogP contribution in [0.2, 0.25) is 0 Å². The first-order valence-corrected chi connectivity index (χ1v) is 19.2. The summed E-state index contributed by atoms with van der Waals surface area (Å²) >= 11 is 0. The van der Waals surface area contributed by atoms with Crippen LogP contribution in [0.1, 0.15) is 106 Å². The van der Waals surface area contributed by atoms with Crippen LogP contribution in [0.5, 0.6) is 0 Å². The molecule has 0 saturated carbocycles. The van der Waals surface area contributed by atoms with E-state index in [2.05, 4.69) is 64.2 Å². The van der Waals surface area contributed by atoms with E-state index in [1.54, 1.807) is 51.3 Å². The van der Waals surface area contributed by atoms with Crippen molar-refractivity contribution in [2.75, 3.05) is 7.11 Å². The van der Waals surface area contributed by atoms with Crippen molar-refractivity contribution < 1.29 is 53.8 Å². The van der Waals surface area contributed by atoms with Gasteiger partial charge in [-0.25, -0.2) is 0 Å². The highest BCUT2D eigenvalue weighted by Crippen LogP contribution is 2.39. The minimum atomic E-state index is -1.45. The Morgan fingerprint density at radius 1 is 1.13 bits per heavy atom. The Hall–Kier alpha value is -3.39. The van der Waals surface area contributed by atoms with Gasteiger partial charge >= 0.3 is 11.9 Å². The summed E-state index contributed by atoms with van der Waals surface area (Å²) in [4.78, 5) is 33.1. The molecule has 12 nitrogen and oxygen atoms in total. The van der Waals surface area contributed by atoms with Gasteiger partial charge in [-0.15, -0.1) is 0 Å². The van der Waals surface area contributed by atoms with Gasteiger partial charge in [0.25, 0.3) is 6.47 Å². The molecule has 2 aliphatic rings. The first-order chi connectivity index (χ1) is 25.6. The van der Waals surface area contributed by atoms with E-state index in [1.807, 2.05) is 13.8 Å². The highest BCUT2D eigenvalue weighted by Gasteiger charge is 2.54. The Kier molecular flexibility index (Phi) is 18.4. The minimum Gasteiger partial charge on any atom is -0.483 e. The summed E-state index contributed by atoms with van der Waals surface area (Å²) in [5.74, 6) is -1.36. The average molecular weight is 774 g/mol. The fourth-order valence-electron chi connectivity index (χ4n) is 7.02. The monoisotopic (exact) mass is 773 g/mol. The van der Waals surface area contributed by atoms with E-state index in [0.29, 0.717) is 12.1 Å². The SMILES string of the molecule is CC[C@H](OC)[C@@H](C)[C@H]1O[C@@H]1C(NCc1ccc(C(C)(C)C)cc1)C(C)(O)/C=C/C=C(\C)[C@@H]1OC(=O)C[C@H](O)CC[C@@](C)(O)[C@@H](OC(C)=O)/C=C/[C@@H]1C.O=CO. The zero-order valence-electron chi connectivity index (χ0n) is 34.7. The average Bonchev–Trinajstić information content (AvgIpc) is 3.88. The van der Waals surface area contributed by atoms with E-state index in [4.69, 9.17) is 28.8 Å². The lowest BCUT2D eigenvalue weighted by Gasteiger charge is -2.32. The molecule has 11 atom stereocenters. The molecule has 2 aliphatic heterocycles. The molecule has 55 heavy (non-hydrogen) atoms. The molecule has 2 unspecified atom stereocenters. The summed E-state index contributed by atoms with van der Waals surface area (Å²) in [6, 6.07) is 8.07. The van der Waals surface area contributed by atoms with Crippen molar-refractivity contribution in [2.24, 2.45) is 11.8 Å². The third kappa shape index (κ3) is 14.9. The predicted molar refractivity (Wildman–Crippen MR) is 211 cm³/mol. The summed E-state index contributed by atoms with van der Waals surface area (Å²) in [6.45, 7) is 19.3. The molecule has 2 heterocycles. The number of epoxide rings is 1. The number of carbonyl (C=O) groups excluding carboxylic acids is 2. The molecule has 0 spiro atoms. The smallest absolute Gasteiger partial charge is 0.309 e. The number of hydrogen-bond donors (Lipinski definition) is 5. The number of carboxylic acid groups (broad SMARTS) is 1. The Balaban J connectivity index is 0.00000337. The van der Waals surface area contributed by atoms with Gasteiger partial charge in [0.2, 0.25) is 0 Å². The Labute approximate surface area is 328 Å². The summed E-state index contributed by atoms with van der Waals surface area (Å²) in [5, 5.41) is 44.1. The largest absolute Gasteiger partial charge is 0.483 e. The molecule has 1 aromatic carbocycles. The maximum Gasteiger partial charge on any atom is 0.309 e. The normalized spacial score (nSPS) is 29.9. The fourth-order valence-corrected chi connectivity index (χ4v) is 7.02. The molecule has 1 fully saturated rings. The van der Waals surface area contributed by atoms with Gasteiger partial charge in [0.15, 0.2) is 0 Å². The molecule has 12 heteroatoms. The van der Waals surface area contributed by atoms with Crippen molar-refractivity contribution in [2.45, 2.75) is 161 Å². The van der Waals surface area contributed by atoms with E-state index in [-0.39, 0.29) is 61.3 Å². The quantitative estimate of drug-likeness (QED) is 0.0554. The topological polar surface area (TPSA) is 184 Å². The van der Waals surface area contributed by atoms with Crippen LogP contribution in [0.4, 0.5) is 0 Å². The van der Waals surface area contributed by atoms with E-state index in [1.165, 1.54) is 12.5 Å². The third-order valence-electron chi connectivity index (χ3n) is 10.5. The van der Waals surface area contributed by atoms with Crippen molar-refractivity contribution in [3.8, 4) is 0 Å². The molecule has 1 saturated heterocycles. The number of esters is 2. The number of allylic oxidation sites excluding steroid dienone is 2. The summed E-state index contributed by atoms with van der Waals surface area (Å²) in [7, 11) is 1.72. The number of nitrogens with one attached hydrogen (secondary N) is 1. The zero-order chi connectivity index (χ0) is 41.7. The fraction of sp³-hybridized carbons (Fsp3) is 0.651. The highest BCUT2D eigenvalue weighted by molar-refractivity contribution is 5.70. The lowest BCUT2D eigenvalue weighted by molar-refractivity contribution is -0.157. The van der Waals surface area contributed by atoms with Gasteiger partial charge in [-0.3, -0.25) is 14.4 Å². The number of carbonyl (C=O) groups is 3. The standard InChI is InChI=1S/C42H65NO9.CH2O2/c1-12-33(49-11)28(4)37-38(52-37)39(43-25-30-16-18-31(19-17-30)40(6,7)8)42(10,48)22-13-14-26(2)36-27(3)15-20-34(50-29(5)44)41(9,47)23-21-32(45)24-35(46)51-36;2-1-3/h13-20,22,27-28,32-34,36-39,43,45,47-48H,12,21,23-25H2,1-11H3;1H,(H,2,3)/b20-15+,22-13+,26-14+;/t27-,28+,32+,33-,34-,36-,37+,38-,39?,41+,42?;/m0./s1. The lowest BCUT2D eigenvalue weighted by atomic mass is 9.86. The number of aliphatic hydroxyl groups excluding tert-OH is 1. The maximum absolute atomic E-state index is 12.9. The van der Waals surface area contributed by atoms with Crippen molar-refractivity contribution >= 4 is 18.4 Å². The second-order valence-electron chi connectivity index (χ2n) is 16.5. The van der Waals surface area contributed by atoms with Gasteiger partial charge in [-0.2, -0.15) is 0 Å². The first-order valence-electron chi connectivity index (χ1n) is 19.2. The molecule has 0 aromatic heterocycles. The molecule has 1 aromatic rings. The van der Waals surface area contributed by atoms with Gasteiger partial charge < -0.3 is 44.7 Å². The number of hydrogen-bond acceptors (Lipinski definition) is 11. The Bertz CT molecular complexity index is 1460. The first kappa shape index (κ1) is 47.8. The van der Waals surface area contributed by atoms with Gasteiger partial charge in [-0.05, 0) is 68.2 Å². The second-order valence-corrected chi connectivity index (χ2v) is 16.5. The molecule has 0 radical (unpaired) electrons. The molecule has 0 bridgehead atoms. The molecular formula is C43H67NO11. The van der Waals surface area contributed by atoms with Gasteiger partial charge in [0.1, 0.15) is 23.9 Å². The van der Waals surface area contributed by atoms with Crippen LogP contribution >= 0.6 is 0 Å². The zero-order valence-corrected chi connectivity index (χ0v) is 34.7. The number of methoxy groups -OCH3 is 1. The molecule has 5 N–H and O–H groups in total. The minimum absolute atomic E-state index is 0.0351. The number of benzene rings is 1. The summed E-state index contributed by atoms with van der Waals surface area (Å²) < 4.78 is 23.3. The number of ether oxygens (including phenoxy) is 4. The summed E-state index contributed by atoms with van der Waals surface area (Å²) in [6.07, 6.45) is 6.48. The number of cyclic esters (lactones) is 1.